The molecular weight excluding hydrogens is 324 g/mol. The van der Waals surface area contributed by atoms with Gasteiger partial charge in [0.05, 0.1) is 5.02 Å². The lowest BCUT2D eigenvalue weighted by atomic mass is 9.90. The van der Waals surface area contributed by atoms with E-state index in [-0.39, 0.29) is 17.9 Å². The van der Waals surface area contributed by atoms with Gasteiger partial charge < -0.3 is 10.1 Å². The van der Waals surface area contributed by atoms with Crippen LogP contribution in [0.3, 0.4) is 0 Å². The molecule has 3 atom stereocenters. The fourth-order valence-corrected chi connectivity index (χ4v) is 4.43. The van der Waals surface area contributed by atoms with Crippen LogP contribution in [0.2, 0.25) is 5.02 Å². The topological polar surface area (TPSA) is 51.2 Å². The zero-order valence-electron chi connectivity index (χ0n) is 13.7. The highest BCUT2D eigenvalue weighted by atomic mass is 35.5. The summed E-state index contributed by atoms with van der Waals surface area (Å²) in [7, 11) is 0. The minimum Gasteiger partial charge on any atom is -0.474 e. The van der Waals surface area contributed by atoms with Crippen molar-refractivity contribution >= 4 is 17.5 Å². The van der Waals surface area contributed by atoms with Gasteiger partial charge in [0, 0.05) is 24.2 Å². The molecule has 0 spiro atoms. The second-order valence-electron chi connectivity index (χ2n) is 7.30. The van der Waals surface area contributed by atoms with Crippen molar-refractivity contribution in [3.8, 4) is 5.88 Å². The Bertz CT molecular complexity index is 623. The molecular formula is C19H23ClN2O2. The molecule has 1 aromatic heterocycles. The number of carbonyl (C=O) groups excluding carboxylic acids is 1. The van der Waals surface area contributed by atoms with Gasteiger partial charge in [-0.1, -0.05) is 23.8 Å². The van der Waals surface area contributed by atoms with Crippen LogP contribution in [-0.2, 0) is 4.79 Å². The number of nitrogens with zero attached hydrogens (tertiary/aromatic N) is 1. The summed E-state index contributed by atoms with van der Waals surface area (Å²) < 4.78 is 5.91. The molecule has 2 saturated carbocycles. The molecule has 1 N–H and O–H groups in total. The number of aromatic nitrogens is 1. The SMILES string of the molecule is O=C(NC1CCC(Oc2ccc(Cl)cn2)CC1)C1CC2C=CC1C2. The molecule has 4 nitrogen and oxygen atoms in total. The summed E-state index contributed by atoms with van der Waals surface area (Å²) in [5.74, 6) is 2.20. The van der Waals surface area contributed by atoms with Crippen LogP contribution in [-0.4, -0.2) is 23.0 Å². The van der Waals surface area contributed by atoms with E-state index in [2.05, 4.69) is 22.5 Å². The summed E-state index contributed by atoms with van der Waals surface area (Å²) in [6.45, 7) is 0. The molecule has 2 bridgehead atoms. The highest BCUT2D eigenvalue weighted by Gasteiger charge is 2.40. The number of hydrogen-bond acceptors (Lipinski definition) is 3. The highest BCUT2D eigenvalue weighted by molar-refractivity contribution is 6.30. The Labute approximate surface area is 147 Å². The van der Waals surface area contributed by atoms with Crippen LogP contribution < -0.4 is 10.1 Å². The molecule has 3 aliphatic rings. The third kappa shape index (κ3) is 3.44. The number of allylic oxidation sites excluding steroid dienone is 2. The number of hydrogen-bond donors (Lipinski definition) is 1. The van der Waals surface area contributed by atoms with Gasteiger partial charge in [-0.05, 0) is 56.4 Å². The van der Waals surface area contributed by atoms with Gasteiger partial charge in [-0.2, -0.15) is 0 Å². The number of carbonyl (C=O) groups is 1. The van der Waals surface area contributed by atoms with Crippen LogP contribution in [0.15, 0.2) is 30.5 Å². The third-order valence-corrected chi connectivity index (χ3v) is 5.85. The first-order chi connectivity index (χ1) is 11.7. The van der Waals surface area contributed by atoms with Crippen LogP contribution in [0.4, 0.5) is 0 Å². The average Bonchev–Trinajstić information content (AvgIpc) is 3.22. The monoisotopic (exact) mass is 346 g/mol. The quantitative estimate of drug-likeness (QED) is 0.845. The minimum absolute atomic E-state index is 0.178. The van der Waals surface area contributed by atoms with E-state index in [1.807, 2.05) is 0 Å². The number of amides is 1. The summed E-state index contributed by atoms with van der Waals surface area (Å²) in [6, 6.07) is 3.89. The Morgan fingerprint density at radius 3 is 2.62 bits per heavy atom. The van der Waals surface area contributed by atoms with Crippen molar-refractivity contribution in [3.63, 3.8) is 0 Å². The molecule has 4 rings (SSSR count). The predicted octanol–water partition coefficient (Wildman–Crippen LogP) is 3.75. The summed E-state index contributed by atoms with van der Waals surface area (Å²) >= 11 is 5.84. The predicted molar refractivity (Wildman–Crippen MR) is 92.9 cm³/mol. The molecule has 1 heterocycles. The maximum absolute atomic E-state index is 12.5. The molecule has 128 valence electrons. The van der Waals surface area contributed by atoms with Crippen LogP contribution in [0.5, 0.6) is 5.88 Å². The Morgan fingerprint density at radius 2 is 2.00 bits per heavy atom. The van der Waals surface area contributed by atoms with Crippen molar-refractivity contribution in [1.82, 2.24) is 10.3 Å². The largest absolute Gasteiger partial charge is 0.474 e. The second-order valence-corrected chi connectivity index (χ2v) is 7.74. The van der Waals surface area contributed by atoms with Crippen molar-refractivity contribution in [3.05, 3.63) is 35.5 Å². The standard InChI is InChI=1S/C19H23ClN2O2/c20-14-3-8-18(21-11-14)24-16-6-4-15(5-7-16)22-19(23)17-10-12-1-2-13(17)9-12/h1-3,8,11-13,15-17H,4-7,9-10H2,(H,22,23). The van der Waals surface area contributed by atoms with Crippen molar-refractivity contribution in [2.24, 2.45) is 17.8 Å². The Morgan fingerprint density at radius 1 is 1.17 bits per heavy atom. The maximum atomic E-state index is 12.5. The van der Waals surface area contributed by atoms with Gasteiger partial charge in [0.25, 0.3) is 0 Å². The van der Waals surface area contributed by atoms with Crippen LogP contribution in [0.1, 0.15) is 38.5 Å². The van der Waals surface area contributed by atoms with E-state index >= 15 is 0 Å². The smallest absolute Gasteiger partial charge is 0.223 e. The minimum atomic E-state index is 0.178. The molecule has 0 aliphatic heterocycles. The Kier molecular flexibility index (Phi) is 4.49. The van der Waals surface area contributed by atoms with E-state index in [0.717, 1.165) is 32.1 Å². The fourth-order valence-electron chi connectivity index (χ4n) is 4.32. The molecule has 2 fully saturated rings. The lowest BCUT2D eigenvalue weighted by Gasteiger charge is -2.30. The molecule has 0 aromatic carbocycles. The van der Waals surface area contributed by atoms with E-state index in [0.29, 0.717) is 28.8 Å². The van der Waals surface area contributed by atoms with E-state index in [1.165, 1.54) is 6.42 Å². The van der Waals surface area contributed by atoms with E-state index < -0.39 is 0 Å². The summed E-state index contributed by atoms with van der Waals surface area (Å²) in [5.41, 5.74) is 0. The van der Waals surface area contributed by atoms with Gasteiger partial charge in [0.1, 0.15) is 6.10 Å². The summed E-state index contributed by atoms with van der Waals surface area (Å²) in [4.78, 5) is 16.7. The van der Waals surface area contributed by atoms with E-state index in [4.69, 9.17) is 16.3 Å². The van der Waals surface area contributed by atoms with Crippen LogP contribution in [0.25, 0.3) is 0 Å². The Hall–Kier alpha value is -1.55. The number of nitrogens with one attached hydrogen (secondary N) is 1. The van der Waals surface area contributed by atoms with Gasteiger partial charge in [0.15, 0.2) is 0 Å². The van der Waals surface area contributed by atoms with Crippen molar-refractivity contribution < 1.29 is 9.53 Å². The summed E-state index contributed by atoms with van der Waals surface area (Å²) in [6.07, 6.45) is 12.4. The molecule has 0 radical (unpaired) electrons. The first kappa shape index (κ1) is 15.9. The van der Waals surface area contributed by atoms with Crippen molar-refractivity contribution in [1.29, 1.82) is 0 Å². The zero-order valence-corrected chi connectivity index (χ0v) is 14.4. The van der Waals surface area contributed by atoms with Crippen molar-refractivity contribution in [2.45, 2.75) is 50.7 Å². The van der Waals surface area contributed by atoms with Gasteiger partial charge in [-0.3, -0.25) is 4.79 Å². The van der Waals surface area contributed by atoms with Crippen LogP contribution >= 0.6 is 11.6 Å². The molecule has 1 aromatic rings. The normalized spacial score (nSPS) is 34.3. The number of pyridine rings is 1. The van der Waals surface area contributed by atoms with Gasteiger partial charge in [-0.15, -0.1) is 0 Å². The highest BCUT2D eigenvalue weighted by Crippen LogP contribution is 2.43. The third-order valence-electron chi connectivity index (χ3n) is 5.62. The first-order valence-electron chi connectivity index (χ1n) is 8.94. The van der Waals surface area contributed by atoms with Gasteiger partial charge in [0.2, 0.25) is 11.8 Å². The lowest BCUT2D eigenvalue weighted by Crippen LogP contribution is -2.43. The summed E-state index contributed by atoms with van der Waals surface area (Å²) in [5, 5.41) is 3.89. The first-order valence-corrected chi connectivity index (χ1v) is 9.32. The molecule has 3 aliphatic carbocycles. The molecule has 0 saturated heterocycles. The number of halogens is 1. The molecule has 1 amide bonds. The zero-order chi connectivity index (χ0) is 16.5. The van der Waals surface area contributed by atoms with Gasteiger partial charge in [-0.25, -0.2) is 4.98 Å². The number of rotatable bonds is 4. The fraction of sp³-hybridized carbons (Fsp3) is 0.579. The van der Waals surface area contributed by atoms with E-state index in [1.54, 1.807) is 18.3 Å². The Balaban J connectivity index is 1.23. The second kappa shape index (κ2) is 6.75. The van der Waals surface area contributed by atoms with Crippen molar-refractivity contribution in [2.75, 3.05) is 0 Å². The van der Waals surface area contributed by atoms with Gasteiger partial charge >= 0.3 is 0 Å². The number of fused-ring (bicyclic) bond motifs is 2. The maximum Gasteiger partial charge on any atom is 0.223 e. The van der Waals surface area contributed by atoms with E-state index in [9.17, 15) is 4.79 Å². The average molecular weight is 347 g/mol. The van der Waals surface area contributed by atoms with Crippen LogP contribution in [0, 0.1) is 17.8 Å². The molecule has 24 heavy (non-hydrogen) atoms. The molecule has 5 heteroatoms. The molecule has 3 unspecified atom stereocenters. The lowest BCUT2D eigenvalue weighted by molar-refractivity contribution is -0.126. The number of ether oxygens (including phenoxy) is 1.